The van der Waals surface area contributed by atoms with Crippen LogP contribution in [0, 0.1) is 0 Å². The summed E-state index contributed by atoms with van der Waals surface area (Å²) >= 11 is 0. The summed E-state index contributed by atoms with van der Waals surface area (Å²) in [6.07, 6.45) is 3.68. The zero-order chi connectivity index (χ0) is 47.9. The fourth-order valence-corrected chi connectivity index (χ4v) is 11.4. The van der Waals surface area contributed by atoms with E-state index in [1.165, 1.54) is 11.1 Å². The van der Waals surface area contributed by atoms with E-state index in [0.29, 0.717) is 103 Å². The minimum absolute atomic E-state index is 0.000976. The van der Waals surface area contributed by atoms with Crippen LogP contribution < -0.4 is 44.3 Å². The molecular weight excluding hydrogens is 915 g/mol. The molecule has 4 aliphatic rings. The summed E-state index contributed by atoms with van der Waals surface area (Å²) < 4.78 is 41.9. The molecule has 0 saturated heterocycles. The van der Waals surface area contributed by atoms with E-state index in [1.54, 1.807) is 44.3 Å². The SMILES string of the molecule is COCCOCCOCCN(C[C@H](C)SSC)c1cc(COc2cc3c(cc2OC)C(=O)N2c4ccccc4C[C@H]2CN3)cc(COc2cc3c(cc2OC)C(=O)N2c4ccccc4C[C@H]2CN3)c1. The second kappa shape index (κ2) is 22.3. The highest BCUT2D eigenvalue weighted by Crippen LogP contribution is 2.43. The van der Waals surface area contributed by atoms with E-state index >= 15 is 0 Å². The van der Waals surface area contributed by atoms with Crippen molar-refractivity contribution in [3.63, 3.8) is 0 Å². The Kier molecular flexibility index (Phi) is 15.6. The Bertz CT molecular complexity index is 2480. The highest BCUT2D eigenvalue weighted by molar-refractivity contribution is 8.76. The first-order chi connectivity index (χ1) is 33.8. The Labute approximate surface area is 412 Å². The number of rotatable bonds is 22. The quantitative estimate of drug-likeness (QED) is 0.0506. The Morgan fingerprint density at radius 2 is 1.16 bits per heavy atom. The van der Waals surface area contributed by atoms with Crippen molar-refractivity contribution in [3.05, 3.63) is 124 Å². The van der Waals surface area contributed by atoms with Gasteiger partial charge in [0.05, 0.1) is 81.8 Å². The van der Waals surface area contributed by atoms with Crippen LogP contribution in [-0.4, -0.2) is 116 Å². The van der Waals surface area contributed by atoms with Gasteiger partial charge < -0.3 is 58.5 Å². The third-order valence-corrected chi connectivity index (χ3v) is 15.2. The summed E-state index contributed by atoms with van der Waals surface area (Å²) in [5.41, 5.74) is 9.55. The van der Waals surface area contributed by atoms with Gasteiger partial charge in [-0.15, -0.1) is 0 Å². The standard InChI is InChI=1S/C53H61N5O9S2/c1-34(69-68-5)31-56(14-15-64-18-19-65-17-16-61-2)39-21-35(32-66-50-27-44-42(25-48(50)62-3)52(59)57-40(29-54-44)23-37-10-6-8-12-46(37)57)20-36(22-39)33-67-51-28-45-43(26-49(51)63-4)53(60)58-41(30-55-45)24-38-11-7-9-13-47(38)58/h6-13,20-22,25-28,34,40-41,54-55H,14-19,23-24,29-33H2,1-5H3/t34-,40-,41-/m0/s1. The number of carbonyl (C=O) groups excluding carboxylic acids is 2. The average Bonchev–Trinajstić information content (AvgIpc) is 3.86. The van der Waals surface area contributed by atoms with E-state index in [2.05, 4.69) is 59.0 Å². The van der Waals surface area contributed by atoms with Crippen molar-refractivity contribution >= 4 is 61.8 Å². The van der Waals surface area contributed by atoms with E-state index in [1.807, 2.05) is 69.1 Å². The maximum Gasteiger partial charge on any atom is 0.260 e. The van der Waals surface area contributed by atoms with Crippen molar-refractivity contribution in [1.29, 1.82) is 0 Å². The van der Waals surface area contributed by atoms with E-state index in [-0.39, 0.29) is 37.1 Å². The van der Waals surface area contributed by atoms with Gasteiger partial charge in [-0.1, -0.05) is 64.9 Å². The minimum Gasteiger partial charge on any atom is -0.493 e. The molecule has 2 N–H and O–H groups in total. The molecule has 3 atom stereocenters. The van der Waals surface area contributed by atoms with Gasteiger partial charge in [0.15, 0.2) is 23.0 Å². The van der Waals surface area contributed by atoms with E-state index in [4.69, 9.17) is 33.2 Å². The molecule has 14 nitrogen and oxygen atoms in total. The molecule has 0 aliphatic carbocycles. The first kappa shape index (κ1) is 48.3. The number of nitrogens with zero attached hydrogens (tertiary/aromatic N) is 3. The number of anilines is 5. The van der Waals surface area contributed by atoms with Crippen LogP contribution in [0.4, 0.5) is 28.4 Å². The fraction of sp³-hybridized carbons (Fsp3) is 0.396. The molecule has 0 saturated carbocycles. The molecule has 5 aromatic rings. The Morgan fingerprint density at radius 1 is 0.652 bits per heavy atom. The molecule has 0 radical (unpaired) electrons. The number of para-hydroxylation sites is 2. The van der Waals surface area contributed by atoms with Gasteiger partial charge in [0, 0.05) is 67.7 Å². The highest BCUT2D eigenvalue weighted by atomic mass is 33.1. The molecule has 4 heterocycles. The van der Waals surface area contributed by atoms with Crippen molar-refractivity contribution < 1.29 is 42.7 Å². The number of hydrogen-bond donors (Lipinski definition) is 2. The molecule has 0 bridgehead atoms. The molecule has 69 heavy (non-hydrogen) atoms. The highest BCUT2D eigenvalue weighted by Gasteiger charge is 2.39. The van der Waals surface area contributed by atoms with Gasteiger partial charge in [-0.25, -0.2) is 0 Å². The van der Waals surface area contributed by atoms with Crippen molar-refractivity contribution in [2.45, 2.75) is 50.3 Å². The molecule has 0 spiro atoms. The van der Waals surface area contributed by atoms with Crippen LogP contribution in [0.15, 0.2) is 91.0 Å². The van der Waals surface area contributed by atoms with Crippen LogP contribution >= 0.6 is 21.6 Å². The van der Waals surface area contributed by atoms with Crippen LogP contribution in [0.2, 0.25) is 0 Å². The van der Waals surface area contributed by atoms with Crippen LogP contribution in [0.3, 0.4) is 0 Å². The zero-order valence-corrected chi connectivity index (χ0v) is 41.6. The summed E-state index contributed by atoms with van der Waals surface area (Å²) in [6, 6.07) is 29.9. The monoisotopic (exact) mass is 975 g/mol. The molecule has 0 unspecified atom stereocenters. The molecular formula is C53H61N5O9S2. The van der Waals surface area contributed by atoms with Crippen LogP contribution in [-0.2, 0) is 40.3 Å². The van der Waals surface area contributed by atoms with Crippen LogP contribution in [0.1, 0.15) is 49.9 Å². The van der Waals surface area contributed by atoms with Gasteiger partial charge in [0.2, 0.25) is 0 Å². The lowest BCUT2D eigenvalue weighted by Crippen LogP contribution is -2.39. The Morgan fingerprint density at radius 3 is 1.67 bits per heavy atom. The van der Waals surface area contributed by atoms with Crippen molar-refractivity contribution in [2.75, 3.05) is 112 Å². The minimum atomic E-state index is -0.0664. The molecule has 16 heteroatoms. The number of fused-ring (bicyclic) bond motifs is 8. The predicted octanol–water partition coefficient (Wildman–Crippen LogP) is 8.74. The Balaban J connectivity index is 0.985. The van der Waals surface area contributed by atoms with Gasteiger partial charge in [0.1, 0.15) is 13.2 Å². The molecule has 364 valence electrons. The predicted molar refractivity (Wildman–Crippen MR) is 276 cm³/mol. The molecule has 5 aromatic carbocycles. The summed E-state index contributed by atoms with van der Waals surface area (Å²) in [6.45, 7) is 7.79. The van der Waals surface area contributed by atoms with Crippen LogP contribution in [0.25, 0.3) is 0 Å². The van der Waals surface area contributed by atoms with Gasteiger partial charge in [0.25, 0.3) is 11.8 Å². The number of benzene rings is 5. The lowest BCUT2D eigenvalue weighted by Gasteiger charge is -2.28. The lowest BCUT2D eigenvalue weighted by molar-refractivity contribution is 0.0265. The molecule has 4 aliphatic heterocycles. The summed E-state index contributed by atoms with van der Waals surface area (Å²) in [7, 11) is 8.43. The second-order valence-corrected chi connectivity index (χ2v) is 20.4. The molecule has 0 fully saturated rings. The number of nitrogens with one attached hydrogen (secondary N) is 2. The van der Waals surface area contributed by atoms with Gasteiger partial charge in [-0.05, 0) is 83.8 Å². The maximum atomic E-state index is 14.2. The first-order valence-electron chi connectivity index (χ1n) is 23.5. The molecule has 2 amide bonds. The smallest absolute Gasteiger partial charge is 0.260 e. The maximum absolute atomic E-state index is 14.2. The lowest BCUT2D eigenvalue weighted by atomic mass is 10.1. The number of methoxy groups -OCH3 is 3. The number of amides is 2. The van der Waals surface area contributed by atoms with Crippen molar-refractivity contribution in [1.82, 2.24) is 0 Å². The average molecular weight is 976 g/mol. The van der Waals surface area contributed by atoms with Gasteiger partial charge in [-0.3, -0.25) is 9.59 Å². The summed E-state index contributed by atoms with van der Waals surface area (Å²) in [5, 5.41) is 7.41. The zero-order valence-electron chi connectivity index (χ0n) is 39.9. The molecule has 0 aromatic heterocycles. The van der Waals surface area contributed by atoms with Gasteiger partial charge >= 0.3 is 0 Å². The van der Waals surface area contributed by atoms with E-state index < -0.39 is 0 Å². The fourth-order valence-electron chi connectivity index (χ4n) is 9.71. The molecule has 9 rings (SSSR count). The largest absolute Gasteiger partial charge is 0.493 e. The van der Waals surface area contributed by atoms with Crippen molar-refractivity contribution in [3.8, 4) is 23.0 Å². The number of carbonyl (C=O) groups is 2. The summed E-state index contributed by atoms with van der Waals surface area (Å²) in [4.78, 5) is 34.5. The van der Waals surface area contributed by atoms with Crippen LogP contribution in [0.5, 0.6) is 23.0 Å². The third-order valence-electron chi connectivity index (χ3n) is 12.9. The Hall–Kier alpha value is -5.78. The number of ether oxygens (including phenoxy) is 7. The summed E-state index contributed by atoms with van der Waals surface area (Å²) in [5.74, 6) is 1.84. The normalized spacial score (nSPS) is 16.9. The third kappa shape index (κ3) is 10.7. The van der Waals surface area contributed by atoms with E-state index in [0.717, 1.165) is 47.6 Å². The van der Waals surface area contributed by atoms with Crippen molar-refractivity contribution in [2.24, 2.45) is 0 Å². The van der Waals surface area contributed by atoms with Gasteiger partial charge in [-0.2, -0.15) is 0 Å². The number of hydrogen-bond acceptors (Lipinski definition) is 14. The topological polar surface area (TPSA) is 133 Å². The van der Waals surface area contributed by atoms with E-state index in [9.17, 15) is 9.59 Å². The first-order valence-corrected chi connectivity index (χ1v) is 26.1. The second-order valence-electron chi connectivity index (χ2n) is 17.5.